The number of hydrogen-bond acceptors (Lipinski definition) is 4. The van der Waals surface area contributed by atoms with Crippen LogP contribution in [0.2, 0.25) is 0 Å². The zero-order valence-corrected chi connectivity index (χ0v) is 13.1. The Morgan fingerprint density at radius 2 is 1.95 bits per heavy atom. The standard InChI is InChI=1S/C16H21N3OS/c1-2-19-15(12-8-4-3-5-9-12)17-18-16(19)21-14-11-7-6-10-13(14)20/h3-5,8-9,13-14,20H,2,6-7,10-11H2,1H3. The van der Waals surface area contributed by atoms with E-state index in [1.165, 1.54) is 6.42 Å². The number of aliphatic hydroxyl groups is 1. The highest BCUT2D eigenvalue weighted by Gasteiger charge is 2.26. The Bertz CT molecular complexity index is 584. The summed E-state index contributed by atoms with van der Waals surface area (Å²) in [5.41, 5.74) is 1.09. The van der Waals surface area contributed by atoms with Gasteiger partial charge in [-0.05, 0) is 19.8 Å². The van der Waals surface area contributed by atoms with Gasteiger partial charge in [-0.1, -0.05) is 54.9 Å². The van der Waals surface area contributed by atoms with Crippen molar-refractivity contribution in [3.63, 3.8) is 0 Å². The van der Waals surface area contributed by atoms with Crippen LogP contribution in [0.15, 0.2) is 35.5 Å². The van der Waals surface area contributed by atoms with Gasteiger partial charge in [-0.3, -0.25) is 0 Å². The van der Waals surface area contributed by atoms with E-state index in [2.05, 4.69) is 33.8 Å². The van der Waals surface area contributed by atoms with Crippen LogP contribution in [-0.2, 0) is 6.54 Å². The lowest BCUT2D eigenvalue weighted by molar-refractivity contribution is 0.137. The van der Waals surface area contributed by atoms with Crippen molar-refractivity contribution in [2.75, 3.05) is 0 Å². The lowest BCUT2D eigenvalue weighted by Gasteiger charge is -2.26. The van der Waals surface area contributed by atoms with Crippen LogP contribution in [0.5, 0.6) is 0 Å². The third-order valence-corrected chi connectivity index (χ3v) is 5.36. The van der Waals surface area contributed by atoms with Crippen LogP contribution in [0.4, 0.5) is 0 Å². The second kappa shape index (κ2) is 6.62. The molecule has 112 valence electrons. The minimum atomic E-state index is -0.217. The van der Waals surface area contributed by atoms with E-state index >= 15 is 0 Å². The van der Waals surface area contributed by atoms with Crippen LogP contribution < -0.4 is 0 Å². The highest BCUT2D eigenvalue weighted by molar-refractivity contribution is 7.99. The van der Waals surface area contributed by atoms with Gasteiger partial charge in [0.15, 0.2) is 11.0 Å². The van der Waals surface area contributed by atoms with Crippen LogP contribution in [-0.4, -0.2) is 31.2 Å². The van der Waals surface area contributed by atoms with Crippen molar-refractivity contribution in [3.8, 4) is 11.4 Å². The van der Waals surface area contributed by atoms with E-state index in [0.717, 1.165) is 42.4 Å². The summed E-state index contributed by atoms with van der Waals surface area (Å²) in [5, 5.41) is 20.0. The highest BCUT2D eigenvalue weighted by Crippen LogP contribution is 2.34. The maximum Gasteiger partial charge on any atom is 0.191 e. The van der Waals surface area contributed by atoms with Crippen LogP contribution >= 0.6 is 11.8 Å². The molecule has 5 heteroatoms. The summed E-state index contributed by atoms with van der Waals surface area (Å²) in [7, 11) is 0. The summed E-state index contributed by atoms with van der Waals surface area (Å²) in [5.74, 6) is 0.908. The molecule has 21 heavy (non-hydrogen) atoms. The van der Waals surface area contributed by atoms with Gasteiger partial charge in [-0.15, -0.1) is 10.2 Å². The average Bonchev–Trinajstić information content (AvgIpc) is 2.93. The fraction of sp³-hybridized carbons (Fsp3) is 0.500. The first-order valence-electron chi connectivity index (χ1n) is 7.63. The number of hydrogen-bond donors (Lipinski definition) is 1. The summed E-state index contributed by atoms with van der Waals surface area (Å²) in [6.07, 6.45) is 4.08. The third-order valence-electron chi connectivity index (χ3n) is 3.99. The molecule has 2 atom stereocenters. The van der Waals surface area contributed by atoms with Gasteiger partial charge in [0.05, 0.1) is 6.10 Å². The fourth-order valence-corrected chi connectivity index (χ4v) is 4.09. The summed E-state index contributed by atoms with van der Waals surface area (Å²) in [4.78, 5) is 0. The van der Waals surface area contributed by atoms with Crippen LogP contribution in [0.3, 0.4) is 0 Å². The molecule has 1 aromatic carbocycles. The summed E-state index contributed by atoms with van der Waals surface area (Å²) in [6.45, 7) is 2.94. The molecule has 0 amide bonds. The van der Waals surface area contributed by atoms with Crippen LogP contribution in [0, 0.1) is 0 Å². The molecular formula is C16H21N3OS. The van der Waals surface area contributed by atoms with Gasteiger partial charge in [0.2, 0.25) is 0 Å². The molecule has 1 N–H and O–H groups in total. The van der Waals surface area contributed by atoms with Gasteiger partial charge in [-0.25, -0.2) is 0 Å². The lowest BCUT2D eigenvalue weighted by Crippen LogP contribution is -2.27. The number of thioether (sulfide) groups is 1. The number of benzene rings is 1. The number of aliphatic hydroxyl groups excluding tert-OH is 1. The molecule has 1 fully saturated rings. The van der Waals surface area contributed by atoms with Gasteiger partial charge < -0.3 is 9.67 Å². The second-order valence-electron chi connectivity index (χ2n) is 5.42. The number of nitrogens with zero attached hydrogens (tertiary/aromatic N) is 3. The molecule has 0 aliphatic heterocycles. The second-order valence-corrected chi connectivity index (χ2v) is 6.63. The molecule has 0 bridgehead atoms. The normalized spacial score (nSPS) is 22.4. The maximum atomic E-state index is 10.1. The Morgan fingerprint density at radius 1 is 1.19 bits per heavy atom. The van der Waals surface area contributed by atoms with E-state index in [1.54, 1.807) is 11.8 Å². The third kappa shape index (κ3) is 3.14. The van der Waals surface area contributed by atoms with Crippen molar-refractivity contribution in [1.29, 1.82) is 0 Å². The molecule has 1 heterocycles. The summed E-state index contributed by atoms with van der Waals surface area (Å²) in [6, 6.07) is 10.1. The zero-order valence-electron chi connectivity index (χ0n) is 12.3. The summed E-state index contributed by atoms with van der Waals surface area (Å²) < 4.78 is 2.14. The predicted octanol–water partition coefficient (Wildman–Crippen LogP) is 3.36. The van der Waals surface area contributed by atoms with Crippen molar-refractivity contribution in [3.05, 3.63) is 30.3 Å². The molecule has 0 spiro atoms. The molecule has 2 unspecified atom stereocenters. The zero-order chi connectivity index (χ0) is 14.7. The van der Waals surface area contributed by atoms with E-state index in [9.17, 15) is 5.11 Å². The topological polar surface area (TPSA) is 50.9 Å². The van der Waals surface area contributed by atoms with Crippen LogP contribution in [0.25, 0.3) is 11.4 Å². The molecule has 0 saturated heterocycles. The van der Waals surface area contributed by atoms with E-state index in [-0.39, 0.29) is 11.4 Å². The minimum absolute atomic E-state index is 0.217. The molecule has 3 rings (SSSR count). The molecule has 1 saturated carbocycles. The van der Waals surface area contributed by atoms with Crippen molar-refractivity contribution >= 4 is 11.8 Å². The Kier molecular flexibility index (Phi) is 4.60. The molecule has 0 radical (unpaired) electrons. The van der Waals surface area contributed by atoms with Gasteiger partial charge in [-0.2, -0.15) is 0 Å². The van der Waals surface area contributed by atoms with E-state index < -0.39 is 0 Å². The lowest BCUT2D eigenvalue weighted by atomic mass is 9.97. The van der Waals surface area contributed by atoms with Gasteiger partial charge >= 0.3 is 0 Å². The van der Waals surface area contributed by atoms with Crippen molar-refractivity contribution < 1.29 is 5.11 Å². The number of rotatable bonds is 4. The maximum absolute atomic E-state index is 10.1. The predicted molar refractivity (Wildman–Crippen MR) is 85.3 cm³/mol. The molecular weight excluding hydrogens is 282 g/mol. The highest BCUT2D eigenvalue weighted by atomic mass is 32.2. The van der Waals surface area contributed by atoms with Crippen molar-refractivity contribution in [2.45, 2.75) is 55.7 Å². The molecule has 1 aliphatic rings. The Morgan fingerprint density at radius 3 is 2.67 bits per heavy atom. The number of aromatic nitrogens is 3. The van der Waals surface area contributed by atoms with Crippen molar-refractivity contribution in [2.24, 2.45) is 0 Å². The first-order valence-corrected chi connectivity index (χ1v) is 8.51. The first kappa shape index (κ1) is 14.6. The van der Waals surface area contributed by atoms with Gasteiger partial charge in [0.25, 0.3) is 0 Å². The van der Waals surface area contributed by atoms with Gasteiger partial charge in [0, 0.05) is 17.4 Å². The summed E-state index contributed by atoms with van der Waals surface area (Å²) >= 11 is 1.68. The Balaban J connectivity index is 1.85. The monoisotopic (exact) mass is 303 g/mol. The van der Waals surface area contributed by atoms with E-state index in [0.29, 0.717) is 0 Å². The van der Waals surface area contributed by atoms with Gasteiger partial charge in [0.1, 0.15) is 0 Å². The molecule has 1 aromatic heterocycles. The van der Waals surface area contributed by atoms with E-state index in [1.807, 2.05) is 18.2 Å². The molecule has 2 aromatic rings. The molecule has 4 nitrogen and oxygen atoms in total. The SMILES string of the molecule is CCn1c(SC2CCCCC2O)nnc1-c1ccccc1. The largest absolute Gasteiger partial charge is 0.392 e. The van der Waals surface area contributed by atoms with Crippen LogP contribution in [0.1, 0.15) is 32.6 Å². The smallest absolute Gasteiger partial charge is 0.191 e. The fourth-order valence-electron chi connectivity index (χ4n) is 2.81. The van der Waals surface area contributed by atoms with E-state index in [4.69, 9.17) is 0 Å². The Hall–Kier alpha value is -1.33. The average molecular weight is 303 g/mol. The quantitative estimate of drug-likeness (QED) is 0.941. The first-order chi connectivity index (χ1) is 10.3. The molecule has 1 aliphatic carbocycles. The minimum Gasteiger partial charge on any atom is -0.392 e. The Labute approximate surface area is 129 Å². The van der Waals surface area contributed by atoms with Crippen molar-refractivity contribution in [1.82, 2.24) is 14.8 Å².